The van der Waals surface area contributed by atoms with E-state index < -0.39 is 12.2 Å². The van der Waals surface area contributed by atoms with Crippen molar-refractivity contribution in [1.29, 1.82) is 0 Å². The molecule has 0 fully saturated rings. The van der Waals surface area contributed by atoms with Gasteiger partial charge in [0.05, 0.1) is 6.10 Å². The average Bonchev–Trinajstić information content (AvgIpc) is 2.52. The molecule has 0 aromatic rings. The first kappa shape index (κ1) is 20.5. The molecule has 0 aliphatic carbocycles. The summed E-state index contributed by atoms with van der Waals surface area (Å²) in [5.41, 5.74) is 0. The Morgan fingerprint density at radius 1 is 1.05 bits per heavy atom. The summed E-state index contributed by atoms with van der Waals surface area (Å²) in [7, 11) is 1.73. The Hall–Kier alpha value is -1.52. The molecule has 3 heteroatoms. The summed E-state index contributed by atoms with van der Waals surface area (Å²) in [5.74, 6) is 10.3. The fourth-order valence-electron chi connectivity index (χ4n) is 1.81. The normalized spacial score (nSPS) is 12.9. The summed E-state index contributed by atoms with van der Waals surface area (Å²) in [4.78, 5) is 0. The Morgan fingerprint density at radius 2 is 1.73 bits per heavy atom. The van der Waals surface area contributed by atoms with E-state index in [-0.39, 0.29) is 0 Å². The van der Waals surface area contributed by atoms with Crippen LogP contribution in [0.4, 0.5) is 0 Å². The minimum Gasteiger partial charge on any atom is -0.389 e. The second kappa shape index (κ2) is 15.9. The van der Waals surface area contributed by atoms with Gasteiger partial charge in [-0.25, -0.2) is 0 Å². The molecule has 0 heterocycles. The van der Waals surface area contributed by atoms with Crippen molar-refractivity contribution in [2.24, 2.45) is 0 Å². The van der Waals surface area contributed by atoms with Gasteiger partial charge in [0.15, 0.2) is 0 Å². The minimum absolute atomic E-state index is 0.450. The van der Waals surface area contributed by atoms with E-state index in [0.29, 0.717) is 0 Å². The molecule has 0 saturated heterocycles. The number of ether oxygens (including phenoxy) is 1. The van der Waals surface area contributed by atoms with Crippen molar-refractivity contribution < 1.29 is 14.9 Å². The first-order chi connectivity index (χ1) is 10.7. The second-order valence-electron chi connectivity index (χ2n) is 5.05. The summed E-state index contributed by atoms with van der Waals surface area (Å²) in [5, 5.41) is 18.8. The Labute approximate surface area is 135 Å². The summed E-state index contributed by atoms with van der Waals surface area (Å²) < 4.78 is 5.00. The number of hydrogen-bond acceptors (Lipinski definition) is 3. The van der Waals surface area contributed by atoms with Gasteiger partial charge in [-0.2, -0.15) is 0 Å². The lowest BCUT2D eigenvalue weighted by molar-refractivity contribution is 0.191. The highest BCUT2D eigenvalue weighted by molar-refractivity contribution is 5.32. The average molecular weight is 304 g/mol. The molecule has 2 atom stereocenters. The van der Waals surface area contributed by atoms with Gasteiger partial charge in [-0.15, -0.1) is 0 Å². The fraction of sp³-hybridized carbons (Fsp3) is 0.579. The zero-order valence-corrected chi connectivity index (χ0v) is 13.6. The van der Waals surface area contributed by atoms with E-state index >= 15 is 0 Å². The standard InChI is InChI=1S/C19H28O3/c1-3-18(20)14-10-7-8-12-16-19(21)15-11-6-4-5-9-13-17-22-2/h3,12,16,18-21H,1,4-6,9,11,13,15,17H2,2H3/b16-12+. The van der Waals surface area contributed by atoms with Crippen molar-refractivity contribution >= 4 is 0 Å². The quantitative estimate of drug-likeness (QED) is 0.350. The van der Waals surface area contributed by atoms with Crippen molar-refractivity contribution in [3.05, 3.63) is 24.8 Å². The zero-order valence-electron chi connectivity index (χ0n) is 13.6. The van der Waals surface area contributed by atoms with Crippen LogP contribution in [0.1, 0.15) is 44.9 Å². The first-order valence-electron chi connectivity index (χ1n) is 7.86. The van der Waals surface area contributed by atoms with Gasteiger partial charge in [-0.1, -0.05) is 56.6 Å². The molecule has 0 amide bonds. The van der Waals surface area contributed by atoms with Gasteiger partial charge in [0.2, 0.25) is 0 Å². The summed E-state index contributed by atoms with van der Waals surface area (Å²) in [6, 6.07) is 0. The molecule has 0 spiro atoms. The molecule has 2 N–H and O–H groups in total. The molecule has 0 bridgehead atoms. The van der Waals surface area contributed by atoms with E-state index in [1.807, 2.05) is 0 Å². The predicted molar refractivity (Wildman–Crippen MR) is 91.1 cm³/mol. The van der Waals surface area contributed by atoms with E-state index in [2.05, 4.69) is 30.3 Å². The SMILES string of the molecule is C=CC(O)C#CC#C/C=C/C(O)CCCCCCCCOC. The van der Waals surface area contributed by atoms with Crippen LogP contribution in [-0.2, 0) is 4.74 Å². The Morgan fingerprint density at radius 3 is 2.41 bits per heavy atom. The van der Waals surface area contributed by atoms with Crippen LogP contribution >= 0.6 is 0 Å². The monoisotopic (exact) mass is 304 g/mol. The summed E-state index contributed by atoms with van der Waals surface area (Å²) in [6.45, 7) is 4.25. The molecular weight excluding hydrogens is 276 g/mol. The number of aliphatic hydroxyl groups excluding tert-OH is 2. The lowest BCUT2D eigenvalue weighted by Crippen LogP contribution is -2.01. The summed E-state index contributed by atoms with van der Waals surface area (Å²) in [6.07, 6.45) is 11.1. The van der Waals surface area contributed by atoms with Gasteiger partial charge in [0.25, 0.3) is 0 Å². The molecule has 0 aliphatic rings. The van der Waals surface area contributed by atoms with Crippen LogP contribution in [0.3, 0.4) is 0 Å². The third-order valence-electron chi connectivity index (χ3n) is 3.08. The van der Waals surface area contributed by atoms with Crippen molar-refractivity contribution in [1.82, 2.24) is 0 Å². The maximum Gasteiger partial charge on any atom is 0.134 e. The van der Waals surface area contributed by atoms with E-state index in [4.69, 9.17) is 9.84 Å². The lowest BCUT2D eigenvalue weighted by Gasteiger charge is -2.04. The van der Waals surface area contributed by atoms with Crippen molar-refractivity contribution in [3.8, 4) is 23.7 Å². The van der Waals surface area contributed by atoms with Crippen LogP contribution in [0.15, 0.2) is 24.8 Å². The van der Waals surface area contributed by atoms with E-state index in [1.54, 1.807) is 19.3 Å². The molecule has 3 nitrogen and oxygen atoms in total. The van der Waals surface area contributed by atoms with Gasteiger partial charge in [0, 0.05) is 13.7 Å². The molecule has 122 valence electrons. The van der Waals surface area contributed by atoms with Gasteiger partial charge >= 0.3 is 0 Å². The third-order valence-corrected chi connectivity index (χ3v) is 3.08. The topological polar surface area (TPSA) is 49.7 Å². The molecule has 22 heavy (non-hydrogen) atoms. The Kier molecular flexibility index (Phi) is 14.8. The van der Waals surface area contributed by atoms with E-state index in [1.165, 1.54) is 25.3 Å². The van der Waals surface area contributed by atoms with Gasteiger partial charge in [-0.05, 0) is 36.8 Å². The highest BCUT2D eigenvalue weighted by Crippen LogP contribution is 2.09. The van der Waals surface area contributed by atoms with E-state index in [0.717, 1.165) is 32.3 Å². The largest absolute Gasteiger partial charge is 0.389 e. The number of aliphatic hydroxyl groups is 2. The molecule has 0 rings (SSSR count). The van der Waals surface area contributed by atoms with Gasteiger partial charge in [0.1, 0.15) is 6.10 Å². The smallest absolute Gasteiger partial charge is 0.134 e. The third kappa shape index (κ3) is 14.9. The fourth-order valence-corrected chi connectivity index (χ4v) is 1.81. The van der Waals surface area contributed by atoms with Crippen LogP contribution in [0.5, 0.6) is 0 Å². The second-order valence-corrected chi connectivity index (χ2v) is 5.05. The zero-order chi connectivity index (χ0) is 16.5. The number of methoxy groups -OCH3 is 1. The number of allylic oxidation sites excluding steroid dienone is 1. The lowest BCUT2D eigenvalue weighted by atomic mass is 10.1. The molecule has 0 saturated carbocycles. The molecular formula is C19H28O3. The van der Waals surface area contributed by atoms with Gasteiger partial charge in [-0.3, -0.25) is 0 Å². The van der Waals surface area contributed by atoms with Crippen molar-refractivity contribution in [2.45, 2.75) is 57.2 Å². The molecule has 2 unspecified atom stereocenters. The minimum atomic E-state index is -0.835. The van der Waals surface area contributed by atoms with Gasteiger partial charge < -0.3 is 14.9 Å². The number of hydrogen-bond donors (Lipinski definition) is 2. The molecule has 0 aliphatic heterocycles. The van der Waals surface area contributed by atoms with Crippen LogP contribution in [0.2, 0.25) is 0 Å². The maximum atomic E-state index is 9.74. The molecule has 0 aromatic carbocycles. The Bertz CT molecular complexity index is 417. The van der Waals surface area contributed by atoms with Crippen LogP contribution in [-0.4, -0.2) is 36.1 Å². The number of unbranched alkanes of at least 4 members (excludes halogenated alkanes) is 5. The number of rotatable bonds is 11. The maximum absolute atomic E-state index is 9.74. The van der Waals surface area contributed by atoms with Crippen LogP contribution in [0.25, 0.3) is 0 Å². The van der Waals surface area contributed by atoms with Crippen LogP contribution in [0, 0.1) is 23.7 Å². The molecule has 0 aromatic heterocycles. The van der Waals surface area contributed by atoms with E-state index in [9.17, 15) is 5.11 Å². The van der Waals surface area contributed by atoms with Crippen LogP contribution < -0.4 is 0 Å². The summed E-state index contributed by atoms with van der Waals surface area (Å²) >= 11 is 0. The van der Waals surface area contributed by atoms with Crippen molar-refractivity contribution in [2.75, 3.05) is 13.7 Å². The Balaban J connectivity index is 3.62. The van der Waals surface area contributed by atoms with Crippen molar-refractivity contribution in [3.63, 3.8) is 0 Å². The predicted octanol–water partition coefficient (Wildman–Crippen LogP) is 2.83. The first-order valence-corrected chi connectivity index (χ1v) is 7.86. The molecule has 0 radical (unpaired) electrons. The highest BCUT2D eigenvalue weighted by atomic mass is 16.5. The highest BCUT2D eigenvalue weighted by Gasteiger charge is 1.98.